The molecule has 12 heavy (non-hydrogen) atoms. The van der Waals surface area contributed by atoms with Gasteiger partial charge < -0.3 is 5.11 Å². The number of thiophene rings is 1. The molecule has 1 N–H and O–H groups in total. The highest BCUT2D eigenvalue weighted by molar-refractivity contribution is 7.08. The fraction of sp³-hybridized carbons (Fsp3) is 0.400. The van der Waals surface area contributed by atoms with E-state index in [-0.39, 0.29) is 0 Å². The molecule has 0 aromatic carbocycles. The standard InChI is InChI=1S/C10H12OS/c1-3-6-10(11,4-2)9-5-7-12-8-9/h5,7-8,11H,4H2,1-2H3. The molecular formula is C10H12OS. The van der Waals surface area contributed by atoms with Crippen LogP contribution in [-0.2, 0) is 5.60 Å². The van der Waals surface area contributed by atoms with E-state index in [1.54, 1.807) is 18.3 Å². The fourth-order valence-electron chi connectivity index (χ4n) is 1.07. The second-order valence-electron chi connectivity index (χ2n) is 2.60. The van der Waals surface area contributed by atoms with Gasteiger partial charge in [0.15, 0.2) is 5.60 Å². The lowest BCUT2D eigenvalue weighted by Gasteiger charge is -2.18. The third-order valence-electron chi connectivity index (χ3n) is 1.84. The molecule has 64 valence electrons. The summed E-state index contributed by atoms with van der Waals surface area (Å²) in [4.78, 5) is 0. The Morgan fingerprint density at radius 3 is 2.83 bits per heavy atom. The number of rotatable bonds is 2. The molecule has 0 aliphatic rings. The zero-order valence-corrected chi connectivity index (χ0v) is 8.11. The molecule has 0 bridgehead atoms. The number of hydrogen-bond acceptors (Lipinski definition) is 2. The molecule has 0 aliphatic heterocycles. The first-order valence-corrected chi connectivity index (χ1v) is 4.86. The second kappa shape index (κ2) is 3.75. The van der Waals surface area contributed by atoms with Gasteiger partial charge in [-0.1, -0.05) is 12.8 Å². The van der Waals surface area contributed by atoms with Gasteiger partial charge >= 0.3 is 0 Å². The highest BCUT2D eigenvalue weighted by Gasteiger charge is 2.24. The topological polar surface area (TPSA) is 20.2 Å². The van der Waals surface area contributed by atoms with Crippen LogP contribution in [0.4, 0.5) is 0 Å². The third kappa shape index (κ3) is 1.69. The molecule has 1 unspecified atom stereocenters. The van der Waals surface area contributed by atoms with Gasteiger partial charge in [0, 0.05) is 5.56 Å². The van der Waals surface area contributed by atoms with Crippen molar-refractivity contribution in [2.24, 2.45) is 0 Å². The van der Waals surface area contributed by atoms with Crippen molar-refractivity contribution < 1.29 is 5.11 Å². The van der Waals surface area contributed by atoms with Crippen LogP contribution in [0.2, 0.25) is 0 Å². The Morgan fingerprint density at radius 2 is 2.42 bits per heavy atom. The van der Waals surface area contributed by atoms with E-state index in [0.717, 1.165) is 5.56 Å². The van der Waals surface area contributed by atoms with Gasteiger partial charge in [-0.15, -0.1) is 5.92 Å². The largest absolute Gasteiger partial charge is 0.373 e. The first-order chi connectivity index (χ1) is 5.73. The summed E-state index contributed by atoms with van der Waals surface area (Å²) in [6, 6.07) is 1.92. The van der Waals surface area contributed by atoms with E-state index in [4.69, 9.17) is 0 Å². The Balaban J connectivity index is 3.01. The molecule has 1 heterocycles. The summed E-state index contributed by atoms with van der Waals surface area (Å²) < 4.78 is 0. The van der Waals surface area contributed by atoms with Gasteiger partial charge in [-0.25, -0.2) is 0 Å². The third-order valence-corrected chi connectivity index (χ3v) is 2.53. The number of aliphatic hydroxyl groups is 1. The molecule has 0 spiro atoms. The predicted molar refractivity (Wildman–Crippen MR) is 52.0 cm³/mol. The summed E-state index contributed by atoms with van der Waals surface area (Å²) in [6.45, 7) is 3.68. The van der Waals surface area contributed by atoms with Crippen LogP contribution >= 0.6 is 11.3 Å². The molecule has 0 fully saturated rings. The monoisotopic (exact) mass is 180 g/mol. The Kier molecular flexibility index (Phi) is 2.91. The van der Waals surface area contributed by atoms with Crippen molar-refractivity contribution in [3.8, 4) is 11.8 Å². The van der Waals surface area contributed by atoms with E-state index in [9.17, 15) is 5.11 Å². The molecule has 0 saturated heterocycles. The van der Waals surface area contributed by atoms with Crippen LogP contribution in [0.5, 0.6) is 0 Å². The average Bonchev–Trinajstić information content (AvgIpc) is 2.57. The Hall–Kier alpha value is -0.780. The van der Waals surface area contributed by atoms with Crippen molar-refractivity contribution in [2.45, 2.75) is 25.9 Å². The predicted octanol–water partition coefficient (Wildman–Crippen LogP) is 2.37. The first kappa shape index (κ1) is 9.31. The van der Waals surface area contributed by atoms with Crippen molar-refractivity contribution in [1.82, 2.24) is 0 Å². The maximum Gasteiger partial charge on any atom is 0.151 e. The van der Waals surface area contributed by atoms with E-state index in [0.29, 0.717) is 6.42 Å². The van der Waals surface area contributed by atoms with E-state index < -0.39 is 5.60 Å². The Labute approximate surface area is 77.1 Å². The lowest BCUT2D eigenvalue weighted by atomic mass is 9.94. The maximum atomic E-state index is 10.0. The SMILES string of the molecule is CC#CC(O)(CC)c1ccsc1. The van der Waals surface area contributed by atoms with Crippen molar-refractivity contribution in [2.75, 3.05) is 0 Å². The fourth-order valence-corrected chi connectivity index (χ4v) is 1.80. The van der Waals surface area contributed by atoms with Crippen LogP contribution in [0.1, 0.15) is 25.8 Å². The van der Waals surface area contributed by atoms with Gasteiger partial charge in [0.25, 0.3) is 0 Å². The summed E-state index contributed by atoms with van der Waals surface area (Å²) in [5, 5.41) is 13.9. The maximum absolute atomic E-state index is 10.0. The minimum Gasteiger partial charge on any atom is -0.373 e. The minimum atomic E-state index is -0.936. The van der Waals surface area contributed by atoms with Crippen molar-refractivity contribution in [3.63, 3.8) is 0 Å². The molecule has 0 radical (unpaired) electrons. The van der Waals surface area contributed by atoms with Gasteiger partial charge in [0.1, 0.15) is 0 Å². The van der Waals surface area contributed by atoms with E-state index in [2.05, 4.69) is 11.8 Å². The molecule has 0 saturated carbocycles. The second-order valence-corrected chi connectivity index (χ2v) is 3.38. The molecule has 0 amide bonds. The van der Waals surface area contributed by atoms with Crippen molar-refractivity contribution in [1.29, 1.82) is 0 Å². The summed E-state index contributed by atoms with van der Waals surface area (Å²) >= 11 is 1.58. The first-order valence-electron chi connectivity index (χ1n) is 3.92. The molecule has 1 aromatic heterocycles. The highest BCUT2D eigenvalue weighted by Crippen LogP contribution is 2.25. The van der Waals surface area contributed by atoms with Crippen LogP contribution in [0.3, 0.4) is 0 Å². The summed E-state index contributed by atoms with van der Waals surface area (Å²) in [5.41, 5.74) is -0.0290. The zero-order valence-electron chi connectivity index (χ0n) is 7.29. The van der Waals surface area contributed by atoms with Gasteiger partial charge in [0.05, 0.1) is 0 Å². The minimum absolute atomic E-state index is 0.630. The average molecular weight is 180 g/mol. The van der Waals surface area contributed by atoms with Crippen LogP contribution in [0, 0.1) is 11.8 Å². The highest BCUT2D eigenvalue weighted by atomic mass is 32.1. The van der Waals surface area contributed by atoms with Gasteiger partial charge in [-0.05, 0) is 30.2 Å². The lowest BCUT2D eigenvalue weighted by molar-refractivity contribution is 0.0964. The molecule has 1 atom stereocenters. The van der Waals surface area contributed by atoms with Crippen LogP contribution in [0.25, 0.3) is 0 Å². The van der Waals surface area contributed by atoms with Gasteiger partial charge in [-0.2, -0.15) is 11.3 Å². The summed E-state index contributed by atoms with van der Waals surface area (Å²) in [6.07, 6.45) is 0.630. The van der Waals surface area contributed by atoms with Crippen molar-refractivity contribution in [3.05, 3.63) is 22.4 Å². The van der Waals surface area contributed by atoms with Crippen molar-refractivity contribution >= 4 is 11.3 Å². The molecule has 1 nitrogen and oxygen atoms in total. The van der Waals surface area contributed by atoms with E-state index in [1.807, 2.05) is 23.8 Å². The zero-order chi connectivity index (χ0) is 9.03. The summed E-state index contributed by atoms with van der Waals surface area (Å²) in [7, 11) is 0. The molecule has 1 aromatic rings. The van der Waals surface area contributed by atoms with Crippen LogP contribution in [-0.4, -0.2) is 5.11 Å². The normalized spacial score (nSPS) is 14.6. The van der Waals surface area contributed by atoms with E-state index >= 15 is 0 Å². The van der Waals surface area contributed by atoms with Gasteiger partial charge in [-0.3, -0.25) is 0 Å². The molecule has 2 heteroatoms. The summed E-state index contributed by atoms with van der Waals surface area (Å²) in [5.74, 6) is 5.58. The molecule has 0 aliphatic carbocycles. The quantitative estimate of drug-likeness (QED) is 0.693. The van der Waals surface area contributed by atoms with Crippen LogP contribution < -0.4 is 0 Å². The van der Waals surface area contributed by atoms with Gasteiger partial charge in [0.2, 0.25) is 0 Å². The molecule has 1 rings (SSSR count). The molecular weight excluding hydrogens is 168 g/mol. The Bertz CT molecular complexity index is 291. The smallest absolute Gasteiger partial charge is 0.151 e. The van der Waals surface area contributed by atoms with Crippen LogP contribution in [0.15, 0.2) is 16.8 Å². The van der Waals surface area contributed by atoms with E-state index in [1.165, 1.54) is 0 Å². The number of hydrogen-bond donors (Lipinski definition) is 1. The Morgan fingerprint density at radius 1 is 1.67 bits per heavy atom. The lowest BCUT2D eigenvalue weighted by Crippen LogP contribution is -2.21.